The molecule has 0 aliphatic carbocycles. The van der Waals surface area contributed by atoms with E-state index in [-0.39, 0.29) is 17.7 Å². The summed E-state index contributed by atoms with van der Waals surface area (Å²) in [5.74, 6) is -0.452. The number of carbonyl (C=O) groups is 1. The zero-order valence-electron chi connectivity index (χ0n) is 20.4. The van der Waals surface area contributed by atoms with Crippen LogP contribution in [-0.2, 0) is 5.54 Å². The maximum Gasteiger partial charge on any atom is 0.169 e. The lowest BCUT2D eigenvalue weighted by Gasteiger charge is -2.38. The summed E-state index contributed by atoms with van der Waals surface area (Å²) in [6.07, 6.45) is 1.83. The van der Waals surface area contributed by atoms with Crippen molar-refractivity contribution in [3.8, 4) is 0 Å². The second-order valence-electron chi connectivity index (χ2n) is 9.56. The molecule has 3 nitrogen and oxygen atoms in total. The molecule has 1 aromatic heterocycles. The van der Waals surface area contributed by atoms with Crippen molar-refractivity contribution in [3.63, 3.8) is 0 Å². The van der Waals surface area contributed by atoms with Crippen molar-refractivity contribution in [3.05, 3.63) is 174 Å². The molecule has 1 N–H and O–H groups in total. The second-order valence-corrected chi connectivity index (χ2v) is 9.56. The van der Waals surface area contributed by atoms with E-state index in [1.54, 1.807) is 0 Å². The van der Waals surface area contributed by atoms with Crippen LogP contribution in [0.25, 0.3) is 0 Å². The fourth-order valence-electron chi connectivity index (χ4n) is 6.00. The van der Waals surface area contributed by atoms with Gasteiger partial charge in [-0.2, -0.15) is 0 Å². The van der Waals surface area contributed by atoms with Crippen LogP contribution in [0.4, 0.5) is 0 Å². The van der Waals surface area contributed by atoms with Gasteiger partial charge in [0.15, 0.2) is 5.78 Å². The summed E-state index contributed by atoms with van der Waals surface area (Å²) < 4.78 is 0. The molecule has 0 saturated carbocycles. The van der Waals surface area contributed by atoms with Gasteiger partial charge in [0.1, 0.15) is 0 Å². The van der Waals surface area contributed by atoms with Gasteiger partial charge in [0.25, 0.3) is 0 Å². The molecule has 0 radical (unpaired) electrons. The van der Waals surface area contributed by atoms with Crippen LogP contribution < -0.4 is 5.32 Å². The predicted octanol–water partition coefficient (Wildman–Crippen LogP) is 6.95. The summed E-state index contributed by atoms with van der Waals surface area (Å²) in [6.45, 7) is 0. The van der Waals surface area contributed by atoms with E-state index in [0.717, 1.165) is 22.4 Å². The minimum Gasteiger partial charge on any atom is -0.294 e. The number of hydrogen-bond acceptors (Lipinski definition) is 3. The van der Waals surface area contributed by atoms with E-state index in [4.69, 9.17) is 4.98 Å². The third kappa shape index (κ3) is 4.08. The first-order valence-electron chi connectivity index (χ1n) is 12.7. The highest BCUT2D eigenvalue weighted by atomic mass is 16.1. The number of nitrogens with one attached hydrogen (secondary N) is 1. The summed E-state index contributed by atoms with van der Waals surface area (Å²) in [5, 5.41) is 4.02. The molecular weight excluding hydrogens is 452 g/mol. The van der Waals surface area contributed by atoms with E-state index >= 15 is 0 Å². The maximum absolute atomic E-state index is 14.7. The summed E-state index contributed by atoms with van der Waals surface area (Å²) in [7, 11) is 0. The maximum atomic E-state index is 14.7. The van der Waals surface area contributed by atoms with Crippen LogP contribution in [0.5, 0.6) is 0 Å². The molecule has 180 valence electrons. The van der Waals surface area contributed by atoms with E-state index in [2.05, 4.69) is 84.2 Å². The van der Waals surface area contributed by atoms with Crippen molar-refractivity contribution in [2.45, 2.75) is 17.5 Å². The quantitative estimate of drug-likeness (QED) is 0.267. The van der Waals surface area contributed by atoms with Crippen molar-refractivity contribution in [2.75, 3.05) is 0 Å². The molecule has 3 heteroatoms. The van der Waals surface area contributed by atoms with Crippen molar-refractivity contribution in [1.82, 2.24) is 10.3 Å². The van der Waals surface area contributed by atoms with Gasteiger partial charge < -0.3 is 0 Å². The molecule has 4 aromatic carbocycles. The number of rotatable bonds is 6. The first kappa shape index (κ1) is 23.1. The van der Waals surface area contributed by atoms with Gasteiger partial charge in [0.05, 0.1) is 23.2 Å². The van der Waals surface area contributed by atoms with E-state index < -0.39 is 11.5 Å². The standard InChI is InChI=1S/C34H28N2O/c37-33(26-17-7-2-8-18-26)31-30(25-15-5-1-6-16-25)32(29-23-13-14-24-35-29)36-34(31,27-19-9-3-10-20-27)28-21-11-4-12-22-28/h1-24,30-32,36H/t30-,31+,32+/m0/s1. The lowest BCUT2D eigenvalue weighted by atomic mass is 9.66. The van der Waals surface area contributed by atoms with Gasteiger partial charge in [0, 0.05) is 17.7 Å². The van der Waals surface area contributed by atoms with Crippen LogP contribution in [0.2, 0.25) is 0 Å². The van der Waals surface area contributed by atoms with Gasteiger partial charge in [-0.3, -0.25) is 15.1 Å². The van der Waals surface area contributed by atoms with Gasteiger partial charge in [-0.05, 0) is 28.8 Å². The topological polar surface area (TPSA) is 42.0 Å². The fraction of sp³-hybridized carbons (Fsp3) is 0.118. The molecule has 0 unspecified atom stereocenters. The third-order valence-corrected chi connectivity index (χ3v) is 7.56. The Hall–Kier alpha value is -4.34. The number of nitrogens with zero attached hydrogens (tertiary/aromatic N) is 1. The van der Waals surface area contributed by atoms with E-state index in [0.29, 0.717) is 5.56 Å². The molecule has 3 atom stereocenters. The van der Waals surface area contributed by atoms with Gasteiger partial charge in [-0.15, -0.1) is 0 Å². The van der Waals surface area contributed by atoms with Crippen LogP contribution in [0, 0.1) is 5.92 Å². The average molecular weight is 481 g/mol. The molecule has 2 heterocycles. The smallest absolute Gasteiger partial charge is 0.169 e. The molecule has 1 saturated heterocycles. The number of ketones is 1. The summed E-state index contributed by atoms with van der Waals surface area (Å²) in [5.41, 5.74) is 4.13. The van der Waals surface area contributed by atoms with Crippen LogP contribution in [0.15, 0.2) is 146 Å². The monoisotopic (exact) mass is 480 g/mol. The van der Waals surface area contributed by atoms with Gasteiger partial charge >= 0.3 is 0 Å². The number of aromatic nitrogens is 1. The summed E-state index contributed by atoms with van der Waals surface area (Å²) in [4.78, 5) is 19.5. The number of benzene rings is 4. The first-order chi connectivity index (χ1) is 18.3. The average Bonchev–Trinajstić information content (AvgIpc) is 3.36. The Balaban J connectivity index is 1.67. The SMILES string of the molecule is O=C(c1ccccc1)[C@H]1[C@H](c2ccccc2)[C@@H](c2ccccn2)NC1(c1ccccc1)c1ccccc1. The van der Waals surface area contributed by atoms with E-state index in [1.165, 1.54) is 0 Å². The Morgan fingerprint density at radius 1 is 0.622 bits per heavy atom. The largest absolute Gasteiger partial charge is 0.294 e. The second kappa shape index (κ2) is 9.96. The Morgan fingerprint density at radius 2 is 1.14 bits per heavy atom. The van der Waals surface area contributed by atoms with Crippen LogP contribution in [0.1, 0.15) is 44.7 Å². The van der Waals surface area contributed by atoms with E-state index in [9.17, 15) is 4.79 Å². The molecule has 0 bridgehead atoms. The Bertz CT molecular complexity index is 1420. The zero-order chi connectivity index (χ0) is 25.1. The predicted molar refractivity (Wildman–Crippen MR) is 147 cm³/mol. The fourth-order valence-corrected chi connectivity index (χ4v) is 6.00. The minimum atomic E-state index is -0.766. The van der Waals surface area contributed by atoms with Crippen molar-refractivity contribution in [1.29, 1.82) is 0 Å². The highest BCUT2D eigenvalue weighted by Gasteiger charge is 2.59. The Labute approximate surface area is 217 Å². The first-order valence-corrected chi connectivity index (χ1v) is 12.7. The molecule has 6 rings (SSSR count). The number of carbonyl (C=O) groups excluding carboxylic acids is 1. The summed E-state index contributed by atoms with van der Waals surface area (Å²) in [6, 6.07) is 46.7. The van der Waals surface area contributed by atoms with Crippen molar-refractivity contribution in [2.24, 2.45) is 5.92 Å². The van der Waals surface area contributed by atoms with Crippen LogP contribution in [-0.4, -0.2) is 10.8 Å². The lowest BCUT2D eigenvalue weighted by molar-refractivity contribution is 0.0866. The molecule has 1 aliphatic rings. The molecule has 1 aliphatic heterocycles. The van der Waals surface area contributed by atoms with E-state index in [1.807, 2.05) is 66.9 Å². The third-order valence-electron chi connectivity index (χ3n) is 7.56. The van der Waals surface area contributed by atoms with Gasteiger partial charge in [0.2, 0.25) is 0 Å². The molecule has 0 spiro atoms. The highest BCUT2D eigenvalue weighted by Crippen LogP contribution is 2.56. The number of pyridine rings is 1. The highest BCUT2D eigenvalue weighted by molar-refractivity contribution is 6.00. The molecule has 5 aromatic rings. The number of hydrogen-bond donors (Lipinski definition) is 1. The molecule has 37 heavy (non-hydrogen) atoms. The van der Waals surface area contributed by atoms with Crippen molar-refractivity contribution >= 4 is 5.78 Å². The lowest BCUT2D eigenvalue weighted by Crippen LogP contribution is -2.46. The van der Waals surface area contributed by atoms with Crippen molar-refractivity contribution < 1.29 is 4.79 Å². The molecule has 1 fully saturated rings. The minimum absolute atomic E-state index is 0.119. The normalized spacial score (nSPS) is 20.4. The number of Topliss-reactive ketones (excluding diaryl/α,β-unsaturated/α-hetero) is 1. The summed E-state index contributed by atoms with van der Waals surface area (Å²) >= 11 is 0. The van der Waals surface area contributed by atoms with Gasteiger partial charge in [-0.1, -0.05) is 127 Å². The van der Waals surface area contributed by atoms with Crippen LogP contribution in [0.3, 0.4) is 0 Å². The molecule has 0 amide bonds. The Kier molecular flexibility index (Phi) is 6.21. The van der Waals surface area contributed by atoms with Gasteiger partial charge in [-0.25, -0.2) is 0 Å². The zero-order valence-corrected chi connectivity index (χ0v) is 20.4. The molecular formula is C34H28N2O. The van der Waals surface area contributed by atoms with Crippen LogP contribution >= 0.6 is 0 Å². The Morgan fingerprint density at radius 3 is 1.68 bits per heavy atom.